The van der Waals surface area contributed by atoms with Crippen LogP contribution in [0.2, 0.25) is 0 Å². The van der Waals surface area contributed by atoms with Gasteiger partial charge < -0.3 is 14.4 Å². The van der Waals surface area contributed by atoms with Crippen LogP contribution in [0, 0.1) is 12.8 Å². The number of nitrogens with zero attached hydrogens (tertiary/aromatic N) is 3. The van der Waals surface area contributed by atoms with Gasteiger partial charge in [-0.3, -0.25) is 4.79 Å². The summed E-state index contributed by atoms with van der Waals surface area (Å²) in [6.45, 7) is 4.36. The molecule has 6 nitrogen and oxygen atoms in total. The number of aromatic nitrogens is 3. The zero-order valence-electron chi connectivity index (χ0n) is 14.0. The normalized spacial score (nSPS) is 17.4. The van der Waals surface area contributed by atoms with Gasteiger partial charge in [0.05, 0.1) is 5.69 Å². The Morgan fingerprint density at radius 1 is 1.48 bits per heavy atom. The predicted octanol–water partition coefficient (Wildman–Crippen LogP) is 2.75. The molecule has 1 atom stereocenters. The molecule has 2 aromatic heterocycles. The molecule has 0 saturated carbocycles. The first-order valence-corrected chi connectivity index (χ1v) is 8.16. The molecule has 0 aromatic carbocycles. The van der Waals surface area contributed by atoms with Crippen LogP contribution in [0.4, 0.5) is 13.2 Å². The number of rotatable bonds is 4. The third-order valence-corrected chi connectivity index (χ3v) is 4.41. The second-order valence-electron chi connectivity index (χ2n) is 6.23. The van der Waals surface area contributed by atoms with Gasteiger partial charge in [-0.05, 0) is 19.3 Å². The summed E-state index contributed by atoms with van der Waals surface area (Å²) in [4.78, 5) is 16.0. The quantitative estimate of drug-likeness (QED) is 0.914. The number of halogens is 3. The largest absolute Gasteiger partial charge is 0.434 e. The van der Waals surface area contributed by atoms with Crippen molar-refractivity contribution in [2.75, 3.05) is 6.54 Å². The molecule has 0 fully saturated rings. The van der Waals surface area contributed by atoms with Crippen molar-refractivity contribution in [2.45, 2.75) is 45.8 Å². The van der Waals surface area contributed by atoms with Crippen molar-refractivity contribution in [3.05, 3.63) is 34.7 Å². The van der Waals surface area contributed by atoms with Crippen LogP contribution in [0.15, 0.2) is 10.7 Å². The summed E-state index contributed by atoms with van der Waals surface area (Å²) < 4.78 is 44.9. The van der Waals surface area contributed by atoms with Crippen molar-refractivity contribution in [1.82, 2.24) is 20.0 Å². The van der Waals surface area contributed by atoms with Crippen LogP contribution in [-0.2, 0) is 25.6 Å². The van der Waals surface area contributed by atoms with Crippen molar-refractivity contribution in [2.24, 2.45) is 5.92 Å². The molecule has 0 unspecified atom stereocenters. The van der Waals surface area contributed by atoms with Crippen LogP contribution in [0.5, 0.6) is 0 Å². The van der Waals surface area contributed by atoms with Crippen molar-refractivity contribution >= 4 is 5.91 Å². The van der Waals surface area contributed by atoms with Crippen molar-refractivity contribution < 1.29 is 22.5 Å². The number of amides is 1. The average Bonchev–Trinajstić information content (AvgIpc) is 3.15. The Morgan fingerprint density at radius 2 is 2.24 bits per heavy atom. The maximum absolute atomic E-state index is 12.7. The zero-order valence-corrected chi connectivity index (χ0v) is 14.0. The van der Waals surface area contributed by atoms with E-state index in [1.54, 1.807) is 6.92 Å². The standard InChI is InChI=1S/C16H19F3N4O2/c1-3-11-14(9(2)22-25-11)15(24)20-6-10-4-5-13-21-12(16(17,18)19)8-23(13)7-10/h8,10H,3-7H2,1-2H3,(H,20,24)/t10-/m0/s1. The first kappa shape index (κ1) is 17.5. The molecule has 0 aliphatic carbocycles. The molecule has 1 N–H and O–H groups in total. The lowest BCUT2D eigenvalue weighted by atomic mass is 9.99. The monoisotopic (exact) mass is 356 g/mol. The van der Waals surface area contributed by atoms with E-state index in [4.69, 9.17) is 4.52 Å². The number of nitrogens with one attached hydrogen (secondary N) is 1. The lowest BCUT2D eigenvalue weighted by Crippen LogP contribution is -2.34. The van der Waals surface area contributed by atoms with Crippen LogP contribution < -0.4 is 5.32 Å². The minimum absolute atomic E-state index is 0.0528. The molecular weight excluding hydrogens is 337 g/mol. The molecule has 1 aliphatic heterocycles. The van der Waals surface area contributed by atoms with E-state index in [1.807, 2.05) is 6.92 Å². The first-order valence-electron chi connectivity index (χ1n) is 8.16. The Balaban J connectivity index is 1.63. The summed E-state index contributed by atoms with van der Waals surface area (Å²) in [7, 11) is 0. The van der Waals surface area contributed by atoms with E-state index < -0.39 is 11.9 Å². The lowest BCUT2D eigenvalue weighted by Gasteiger charge is -2.23. The maximum atomic E-state index is 12.7. The molecule has 3 heterocycles. The fraction of sp³-hybridized carbons (Fsp3) is 0.562. The molecule has 0 spiro atoms. The van der Waals surface area contributed by atoms with Crippen LogP contribution in [0.25, 0.3) is 0 Å². The molecule has 0 radical (unpaired) electrons. The molecule has 136 valence electrons. The summed E-state index contributed by atoms with van der Waals surface area (Å²) in [6, 6.07) is 0. The Bertz CT molecular complexity index is 779. The first-order chi connectivity index (χ1) is 11.8. The van der Waals surface area contributed by atoms with Gasteiger partial charge in [-0.2, -0.15) is 13.2 Å². The Kier molecular flexibility index (Phi) is 4.57. The van der Waals surface area contributed by atoms with Gasteiger partial charge in [0, 0.05) is 32.1 Å². The molecule has 3 rings (SSSR count). The second kappa shape index (κ2) is 6.53. The third-order valence-electron chi connectivity index (χ3n) is 4.41. The van der Waals surface area contributed by atoms with Gasteiger partial charge in [-0.25, -0.2) is 4.98 Å². The lowest BCUT2D eigenvalue weighted by molar-refractivity contribution is -0.141. The third kappa shape index (κ3) is 3.54. The minimum Gasteiger partial charge on any atom is -0.360 e. The highest BCUT2D eigenvalue weighted by Gasteiger charge is 2.35. The summed E-state index contributed by atoms with van der Waals surface area (Å²) in [5, 5.41) is 6.65. The van der Waals surface area contributed by atoms with Gasteiger partial charge in [0.2, 0.25) is 0 Å². The number of imidazole rings is 1. The zero-order chi connectivity index (χ0) is 18.2. The van der Waals surface area contributed by atoms with Gasteiger partial charge in [-0.1, -0.05) is 12.1 Å². The minimum atomic E-state index is -4.43. The van der Waals surface area contributed by atoms with Crippen LogP contribution >= 0.6 is 0 Å². The van der Waals surface area contributed by atoms with E-state index in [-0.39, 0.29) is 11.8 Å². The van der Waals surface area contributed by atoms with Gasteiger partial charge in [-0.15, -0.1) is 0 Å². The molecule has 9 heteroatoms. The summed E-state index contributed by atoms with van der Waals surface area (Å²) in [5.74, 6) is 0.767. The Hall–Kier alpha value is -2.32. The van der Waals surface area contributed by atoms with E-state index >= 15 is 0 Å². The number of carbonyl (C=O) groups is 1. The molecule has 1 amide bonds. The summed E-state index contributed by atoms with van der Waals surface area (Å²) in [5.41, 5.74) is 0.116. The van der Waals surface area contributed by atoms with Crippen LogP contribution in [0.1, 0.15) is 46.7 Å². The van der Waals surface area contributed by atoms with Gasteiger partial charge in [0.1, 0.15) is 17.1 Å². The van der Waals surface area contributed by atoms with E-state index in [9.17, 15) is 18.0 Å². The van der Waals surface area contributed by atoms with Crippen LogP contribution in [0.3, 0.4) is 0 Å². The molecule has 0 saturated heterocycles. The number of fused-ring (bicyclic) bond motifs is 1. The molecular formula is C16H19F3N4O2. The molecule has 2 aromatic rings. The number of hydrogen-bond donors (Lipinski definition) is 1. The maximum Gasteiger partial charge on any atom is 0.434 e. The Labute approximate surface area is 142 Å². The smallest absolute Gasteiger partial charge is 0.360 e. The highest BCUT2D eigenvalue weighted by molar-refractivity contribution is 5.96. The van der Waals surface area contributed by atoms with Gasteiger partial charge in [0.15, 0.2) is 5.69 Å². The summed E-state index contributed by atoms with van der Waals surface area (Å²) >= 11 is 0. The SMILES string of the molecule is CCc1onc(C)c1C(=O)NC[C@@H]1CCc2nc(C(F)(F)F)cn2C1. The van der Waals surface area contributed by atoms with E-state index in [0.29, 0.717) is 55.2 Å². The van der Waals surface area contributed by atoms with Gasteiger partial charge in [0.25, 0.3) is 5.91 Å². The second-order valence-corrected chi connectivity index (χ2v) is 6.23. The van der Waals surface area contributed by atoms with E-state index in [2.05, 4.69) is 15.5 Å². The average molecular weight is 356 g/mol. The molecule has 1 aliphatic rings. The molecule has 25 heavy (non-hydrogen) atoms. The van der Waals surface area contributed by atoms with Crippen molar-refractivity contribution in [3.63, 3.8) is 0 Å². The van der Waals surface area contributed by atoms with Gasteiger partial charge >= 0.3 is 6.18 Å². The van der Waals surface area contributed by atoms with Crippen molar-refractivity contribution in [1.29, 1.82) is 0 Å². The van der Waals surface area contributed by atoms with Crippen molar-refractivity contribution in [3.8, 4) is 0 Å². The predicted molar refractivity (Wildman–Crippen MR) is 82.0 cm³/mol. The van der Waals surface area contributed by atoms with E-state index in [0.717, 1.165) is 6.20 Å². The fourth-order valence-electron chi connectivity index (χ4n) is 3.09. The Morgan fingerprint density at radius 3 is 2.92 bits per heavy atom. The number of aryl methyl sites for hydroxylation is 3. The summed E-state index contributed by atoms with van der Waals surface area (Å²) in [6.07, 6.45) is -1.69. The highest BCUT2D eigenvalue weighted by atomic mass is 19.4. The van der Waals surface area contributed by atoms with Crippen LogP contribution in [-0.4, -0.2) is 27.2 Å². The topological polar surface area (TPSA) is 73.0 Å². The fourth-order valence-corrected chi connectivity index (χ4v) is 3.09. The number of carbonyl (C=O) groups excluding carboxylic acids is 1. The molecule has 0 bridgehead atoms. The van der Waals surface area contributed by atoms with E-state index in [1.165, 1.54) is 4.57 Å². The number of hydrogen-bond acceptors (Lipinski definition) is 4. The highest BCUT2D eigenvalue weighted by Crippen LogP contribution is 2.30. The number of alkyl halides is 3.